The first-order valence-electron chi connectivity index (χ1n) is 10.7. The van der Waals surface area contributed by atoms with E-state index in [-0.39, 0.29) is 24.2 Å². The summed E-state index contributed by atoms with van der Waals surface area (Å²) in [6, 6.07) is 17.4. The number of piperazine rings is 1. The minimum Gasteiger partial charge on any atom is -0.489 e. The molecule has 4 rings (SSSR count). The lowest BCUT2D eigenvalue weighted by atomic mass is 10.1. The highest BCUT2D eigenvalue weighted by Crippen LogP contribution is 2.19. The van der Waals surface area contributed by atoms with E-state index >= 15 is 0 Å². The number of hydrogen-bond donors (Lipinski definition) is 0. The van der Waals surface area contributed by atoms with E-state index in [1.54, 1.807) is 65.3 Å². The fourth-order valence-electron chi connectivity index (χ4n) is 3.67. The van der Waals surface area contributed by atoms with Gasteiger partial charge in [0.25, 0.3) is 11.8 Å². The fraction of sp³-hybridized carbons (Fsp3) is 0.231. The van der Waals surface area contributed by atoms with Crippen molar-refractivity contribution in [1.29, 1.82) is 0 Å². The van der Waals surface area contributed by atoms with Crippen molar-refractivity contribution in [3.05, 3.63) is 101 Å². The second-order valence-electron chi connectivity index (χ2n) is 7.99. The van der Waals surface area contributed by atoms with Gasteiger partial charge in [-0.15, -0.1) is 0 Å². The van der Waals surface area contributed by atoms with Crippen LogP contribution < -0.4 is 4.74 Å². The summed E-state index contributed by atoms with van der Waals surface area (Å²) < 4.78 is 32.6. The molecular formula is C26H24F2N2O3. The first-order chi connectivity index (χ1) is 15.9. The Morgan fingerprint density at radius 2 is 1.42 bits per heavy atom. The summed E-state index contributed by atoms with van der Waals surface area (Å²) in [6.45, 7) is 3.44. The van der Waals surface area contributed by atoms with Gasteiger partial charge in [0.2, 0.25) is 0 Å². The zero-order valence-electron chi connectivity index (χ0n) is 18.3. The van der Waals surface area contributed by atoms with E-state index in [4.69, 9.17) is 4.74 Å². The van der Waals surface area contributed by atoms with Crippen molar-refractivity contribution in [3.63, 3.8) is 0 Å². The standard InChI is InChI=1S/C26H24F2N2O3/c1-18-5-8-21(16-24(18)28)26(32)30-13-11-29(12-14-30)25(31)20-3-2-4-23(15-20)33-17-19-6-9-22(27)10-7-19/h2-10,15-16H,11-14,17H2,1H3. The molecule has 33 heavy (non-hydrogen) atoms. The minimum absolute atomic E-state index is 0.143. The van der Waals surface area contributed by atoms with Crippen LogP contribution in [0.3, 0.4) is 0 Å². The number of hydrogen-bond acceptors (Lipinski definition) is 3. The number of halogens is 2. The summed E-state index contributed by atoms with van der Waals surface area (Å²) in [5, 5.41) is 0. The van der Waals surface area contributed by atoms with Crippen molar-refractivity contribution >= 4 is 11.8 Å². The third-order valence-corrected chi connectivity index (χ3v) is 5.67. The van der Waals surface area contributed by atoms with E-state index in [0.29, 0.717) is 48.6 Å². The second-order valence-corrected chi connectivity index (χ2v) is 7.99. The average Bonchev–Trinajstić information content (AvgIpc) is 2.85. The van der Waals surface area contributed by atoms with Crippen LogP contribution in [-0.2, 0) is 6.61 Å². The van der Waals surface area contributed by atoms with Crippen LogP contribution in [0.1, 0.15) is 31.8 Å². The summed E-state index contributed by atoms with van der Waals surface area (Å²) >= 11 is 0. The Hall–Kier alpha value is -3.74. The molecule has 0 aromatic heterocycles. The Morgan fingerprint density at radius 1 is 0.818 bits per heavy atom. The normalized spacial score (nSPS) is 13.7. The zero-order chi connectivity index (χ0) is 23.4. The maximum absolute atomic E-state index is 13.8. The minimum atomic E-state index is -0.406. The van der Waals surface area contributed by atoms with Crippen molar-refractivity contribution in [2.24, 2.45) is 0 Å². The van der Waals surface area contributed by atoms with Crippen LogP contribution in [0.2, 0.25) is 0 Å². The Kier molecular flexibility index (Phi) is 6.68. The number of aryl methyl sites for hydroxylation is 1. The molecule has 0 spiro atoms. The van der Waals surface area contributed by atoms with Crippen LogP contribution in [0.25, 0.3) is 0 Å². The monoisotopic (exact) mass is 450 g/mol. The number of amides is 2. The van der Waals surface area contributed by atoms with Gasteiger partial charge in [0.15, 0.2) is 0 Å². The Bertz CT molecular complexity index is 1160. The molecular weight excluding hydrogens is 426 g/mol. The molecule has 1 aliphatic rings. The lowest BCUT2D eigenvalue weighted by molar-refractivity contribution is 0.0535. The van der Waals surface area contributed by atoms with Gasteiger partial charge in [-0.2, -0.15) is 0 Å². The first-order valence-corrected chi connectivity index (χ1v) is 10.7. The molecule has 0 radical (unpaired) electrons. The summed E-state index contributed by atoms with van der Waals surface area (Å²) in [5.41, 5.74) is 2.11. The molecule has 5 nitrogen and oxygen atoms in total. The first kappa shape index (κ1) is 22.5. The summed E-state index contributed by atoms with van der Waals surface area (Å²) in [4.78, 5) is 29.0. The maximum atomic E-state index is 13.8. The number of carbonyl (C=O) groups excluding carboxylic acids is 2. The zero-order valence-corrected chi connectivity index (χ0v) is 18.3. The molecule has 3 aromatic carbocycles. The Morgan fingerprint density at radius 3 is 2.03 bits per heavy atom. The summed E-state index contributed by atoms with van der Waals surface area (Å²) in [5.74, 6) is -0.552. The molecule has 7 heteroatoms. The van der Waals surface area contributed by atoms with Gasteiger partial charge in [-0.05, 0) is 60.5 Å². The van der Waals surface area contributed by atoms with E-state index in [2.05, 4.69) is 0 Å². The topological polar surface area (TPSA) is 49.9 Å². The van der Waals surface area contributed by atoms with Crippen molar-refractivity contribution in [3.8, 4) is 5.75 Å². The molecule has 0 bridgehead atoms. The molecule has 170 valence electrons. The quantitative estimate of drug-likeness (QED) is 0.577. The molecule has 1 heterocycles. The molecule has 0 N–H and O–H groups in total. The van der Waals surface area contributed by atoms with E-state index in [1.165, 1.54) is 18.2 Å². The van der Waals surface area contributed by atoms with Gasteiger partial charge < -0.3 is 14.5 Å². The molecule has 0 saturated carbocycles. The second kappa shape index (κ2) is 9.81. The van der Waals surface area contributed by atoms with Gasteiger partial charge in [-0.3, -0.25) is 9.59 Å². The van der Waals surface area contributed by atoms with Crippen LogP contribution in [0.15, 0.2) is 66.7 Å². The van der Waals surface area contributed by atoms with Crippen LogP contribution in [-0.4, -0.2) is 47.8 Å². The van der Waals surface area contributed by atoms with Crippen molar-refractivity contribution in [2.75, 3.05) is 26.2 Å². The van der Waals surface area contributed by atoms with Crippen molar-refractivity contribution in [1.82, 2.24) is 9.80 Å². The Labute approximate surface area is 191 Å². The number of ether oxygens (including phenoxy) is 1. The van der Waals surface area contributed by atoms with E-state index in [0.717, 1.165) is 5.56 Å². The molecule has 1 saturated heterocycles. The van der Waals surface area contributed by atoms with Crippen molar-refractivity contribution < 1.29 is 23.1 Å². The Balaban J connectivity index is 1.34. The van der Waals surface area contributed by atoms with Gasteiger partial charge in [0.05, 0.1) is 0 Å². The molecule has 1 aliphatic heterocycles. The molecule has 3 aromatic rings. The van der Waals surface area contributed by atoms with Crippen molar-refractivity contribution in [2.45, 2.75) is 13.5 Å². The molecule has 0 aliphatic carbocycles. The molecule has 1 fully saturated rings. The maximum Gasteiger partial charge on any atom is 0.254 e. The van der Waals surface area contributed by atoms with E-state index in [1.807, 2.05) is 0 Å². The molecule has 0 unspecified atom stereocenters. The summed E-state index contributed by atoms with van der Waals surface area (Å²) in [7, 11) is 0. The predicted octanol–water partition coefficient (Wildman–Crippen LogP) is 4.45. The van der Waals surface area contributed by atoms with Crippen LogP contribution in [0, 0.1) is 18.6 Å². The fourth-order valence-corrected chi connectivity index (χ4v) is 3.67. The van der Waals surface area contributed by atoms with E-state index in [9.17, 15) is 18.4 Å². The molecule has 0 atom stereocenters. The van der Waals surface area contributed by atoms with Crippen LogP contribution >= 0.6 is 0 Å². The average molecular weight is 450 g/mol. The SMILES string of the molecule is Cc1ccc(C(=O)N2CCN(C(=O)c3cccc(OCc4ccc(F)cc4)c3)CC2)cc1F. The van der Waals surface area contributed by atoms with Gasteiger partial charge in [0, 0.05) is 37.3 Å². The van der Waals surface area contributed by atoms with Gasteiger partial charge in [0.1, 0.15) is 24.0 Å². The number of rotatable bonds is 5. The lowest BCUT2D eigenvalue weighted by Crippen LogP contribution is -2.50. The van der Waals surface area contributed by atoms with Crippen LogP contribution in [0.5, 0.6) is 5.75 Å². The third kappa shape index (κ3) is 5.37. The highest BCUT2D eigenvalue weighted by molar-refractivity contribution is 5.96. The molecule has 2 amide bonds. The smallest absolute Gasteiger partial charge is 0.254 e. The largest absolute Gasteiger partial charge is 0.489 e. The number of carbonyl (C=O) groups is 2. The summed E-state index contributed by atoms with van der Waals surface area (Å²) in [6.07, 6.45) is 0. The van der Waals surface area contributed by atoms with Gasteiger partial charge in [-0.25, -0.2) is 8.78 Å². The van der Waals surface area contributed by atoms with E-state index < -0.39 is 5.82 Å². The number of nitrogens with zero attached hydrogens (tertiary/aromatic N) is 2. The van der Waals surface area contributed by atoms with Crippen LogP contribution in [0.4, 0.5) is 8.78 Å². The van der Waals surface area contributed by atoms with Gasteiger partial charge in [-0.1, -0.05) is 24.3 Å². The third-order valence-electron chi connectivity index (χ3n) is 5.67. The highest BCUT2D eigenvalue weighted by atomic mass is 19.1. The highest BCUT2D eigenvalue weighted by Gasteiger charge is 2.26. The number of benzene rings is 3. The van der Waals surface area contributed by atoms with Gasteiger partial charge >= 0.3 is 0 Å². The predicted molar refractivity (Wildman–Crippen MR) is 120 cm³/mol. The lowest BCUT2D eigenvalue weighted by Gasteiger charge is -2.35.